The molecule has 7 heteroatoms. The third-order valence-corrected chi connectivity index (χ3v) is 3.35. The number of hydrazone groups is 1. The van der Waals surface area contributed by atoms with Gasteiger partial charge in [-0.3, -0.25) is 4.79 Å². The number of aryl methyl sites for hydroxylation is 2. The summed E-state index contributed by atoms with van der Waals surface area (Å²) < 4.78 is 0. The molecule has 0 aliphatic carbocycles. The third-order valence-electron chi connectivity index (χ3n) is 3.35. The summed E-state index contributed by atoms with van der Waals surface area (Å²) in [7, 11) is 0. The maximum absolute atomic E-state index is 11.3. The van der Waals surface area contributed by atoms with Crippen molar-refractivity contribution in [1.29, 1.82) is 0 Å². The van der Waals surface area contributed by atoms with Crippen LogP contribution < -0.4 is 27.9 Å². The normalized spacial score (nSPS) is 11.3. The summed E-state index contributed by atoms with van der Waals surface area (Å²) in [4.78, 5) is 14.3. The summed E-state index contributed by atoms with van der Waals surface area (Å²) in [5, 5.41) is 6.75. The van der Waals surface area contributed by atoms with Crippen LogP contribution in [0.2, 0.25) is 0 Å². The summed E-state index contributed by atoms with van der Waals surface area (Å²) >= 11 is 0. The zero-order valence-electron chi connectivity index (χ0n) is 12.4. The molecule has 0 aliphatic heterocycles. The Labute approximate surface area is 131 Å². The van der Waals surface area contributed by atoms with Crippen molar-refractivity contribution in [3.8, 4) is 0 Å². The number of aromatic nitrogens is 1. The van der Waals surface area contributed by atoms with Gasteiger partial charge in [0.25, 0.3) is 0 Å². The Morgan fingerprint density at radius 3 is 2.86 bits per heavy atom. The summed E-state index contributed by atoms with van der Waals surface area (Å²) in [5.74, 6) is 11.8. The highest BCUT2D eigenvalue weighted by molar-refractivity contribution is 5.81. The minimum Gasteiger partial charge on any atom is -0.348 e. The van der Waals surface area contributed by atoms with E-state index in [9.17, 15) is 4.79 Å². The van der Waals surface area contributed by atoms with Gasteiger partial charge in [-0.25, -0.2) is 5.84 Å². The molecule has 2 aromatic rings. The molecule has 0 radical (unpaired) electrons. The molecule has 7 N–H and O–H groups in total. The fourth-order valence-electron chi connectivity index (χ4n) is 2.12. The Hall–Kier alpha value is -2.80. The monoisotopic (exact) mass is 304 g/mol. The lowest BCUT2D eigenvalue weighted by Crippen LogP contribution is -2.31. The first-order valence-electron chi connectivity index (χ1n) is 6.91. The first-order chi connectivity index (χ1) is 10.6. The van der Waals surface area contributed by atoms with Crippen LogP contribution >= 0.6 is 0 Å². The molecule has 0 unspecified atom stereocenters. The Balaban J connectivity index is 0.00000264. The second-order valence-electron chi connectivity index (χ2n) is 4.92. The average molecular weight is 304 g/mol. The average Bonchev–Trinajstić information content (AvgIpc) is 2.51. The number of amidine groups is 1. The standard InChI is InChI=1S/C15H20N6O.2H2/c1-10-2-4-12(19-15-9-13(22)6-7-18-15)8-11(10)3-5-14(20-16)21-17;;/h2,4,6-9H,3,5,16-17H2,1H3,(H,20,21)(H2,18,19,22);2*1H. The van der Waals surface area contributed by atoms with Crippen molar-refractivity contribution in [2.75, 3.05) is 5.32 Å². The summed E-state index contributed by atoms with van der Waals surface area (Å²) in [5.41, 5.74) is 5.64. The number of H-pyrrole nitrogens is 1. The maximum atomic E-state index is 11.3. The summed E-state index contributed by atoms with van der Waals surface area (Å²) in [6.45, 7) is 2.04. The number of hydrogen-bond donors (Lipinski definition) is 5. The van der Waals surface area contributed by atoms with Gasteiger partial charge in [-0.05, 0) is 36.6 Å². The van der Waals surface area contributed by atoms with E-state index in [4.69, 9.17) is 11.7 Å². The molecule has 1 heterocycles. The molecule has 0 saturated carbocycles. The van der Waals surface area contributed by atoms with Crippen molar-refractivity contribution in [3.63, 3.8) is 0 Å². The topological polar surface area (TPSA) is 121 Å². The number of aromatic amines is 1. The van der Waals surface area contributed by atoms with E-state index < -0.39 is 0 Å². The van der Waals surface area contributed by atoms with Crippen molar-refractivity contribution < 1.29 is 2.85 Å². The van der Waals surface area contributed by atoms with Gasteiger partial charge in [-0.2, -0.15) is 5.10 Å². The number of hydrogen-bond acceptors (Lipinski definition) is 5. The molecule has 2 rings (SSSR count). The Morgan fingerprint density at radius 2 is 2.18 bits per heavy atom. The predicted molar refractivity (Wildman–Crippen MR) is 93.0 cm³/mol. The highest BCUT2D eigenvalue weighted by Gasteiger charge is 2.04. The van der Waals surface area contributed by atoms with Crippen LogP contribution in [0.5, 0.6) is 0 Å². The predicted octanol–water partition coefficient (Wildman–Crippen LogP) is 1.59. The Bertz CT molecular complexity index is 732. The molecular weight excluding hydrogens is 280 g/mol. The molecule has 0 saturated heterocycles. The van der Waals surface area contributed by atoms with Crippen LogP contribution in [0.25, 0.3) is 0 Å². The maximum Gasteiger partial charge on any atom is 0.183 e. The first-order valence-corrected chi connectivity index (χ1v) is 6.91. The fraction of sp³-hybridized carbons (Fsp3) is 0.200. The lowest BCUT2D eigenvalue weighted by atomic mass is 10.0. The summed E-state index contributed by atoms with van der Waals surface area (Å²) in [6, 6.07) is 9.00. The van der Waals surface area contributed by atoms with Crippen LogP contribution in [0.3, 0.4) is 0 Å². The zero-order chi connectivity index (χ0) is 15.9. The van der Waals surface area contributed by atoms with Crippen molar-refractivity contribution in [3.05, 3.63) is 57.9 Å². The smallest absolute Gasteiger partial charge is 0.183 e. The molecular formula is C15H24N6O. The number of nitrogens with zero attached hydrogens (tertiary/aromatic N) is 1. The molecule has 22 heavy (non-hydrogen) atoms. The van der Waals surface area contributed by atoms with Gasteiger partial charge in [0.15, 0.2) is 5.43 Å². The van der Waals surface area contributed by atoms with Crippen LogP contribution in [0.4, 0.5) is 11.5 Å². The minimum absolute atomic E-state index is 0. The van der Waals surface area contributed by atoms with E-state index in [2.05, 4.69) is 20.8 Å². The lowest BCUT2D eigenvalue weighted by molar-refractivity contribution is 0.908. The van der Waals surface area contributed by atoms with Crippen LogP contribution in [0.1, 0.15) is 20.4 Å². The van der Waals surface area contributed by atoms with Crippen molar-refractivity contribution >= 4 is 17.3 Å². The molecule has 0 atom stereocenters. The highest BCUT2D eigenvalue weighted by Crippen LogP contribution is 2.19. The van der Waals surface area contributed by atoms with Crippen molar-refractivity contribution in [2.24, 2.45) is 16.8 Å². The quantitative estimate of drug-likeness (QED) is 0.248. The van der Waals surface area contributed by atoms with E-state index in [-0.39, 0.29) is 8.28 Å². The number of rotatable bonds is 5. The number of hydrazine groups is 1. The fourth-order valence-corrected chi connectivity index (χ4v) is 2.12. The molecule has 0 spiro atoms. The SMILES string of the molecule is Cc1ccc(Nc2cc(=O)cc[nH]2)cc1CC/C(=N/N)NN.[HH].[HH]. The second-order valence-corrected chi connectivity index (χ2v) is 4.92. The van der Waals surface area contributed by atoms with Gasteiger partial charge in [-0.1, -0.05) is 6.07 Å². The van der Waals surface area contributed by atoms with Crippen LogP contribution in [0.15, 0.2) is 46.4 Å². The molecule has 120 valence electrons. The largest absolute Gasteiger partial charge is 0.348 e. The second kappa shape index (κ2) is 7.28. The number of pyridine rings is 1. The van der Waals surface area contributed by atoms with E-state index in [1.165, 1.54) is 17.7 Å². The van der Waals surface area contributed by atoms with Crippen LogP contribution in [-0.4, -0.2) is 10.8 Å². The van der Waals surface area contributed by atoms with E-state index in [1.807, 2.05) is 25.1 Å². The van der Waals surface area contributed by atoms with Gasteiger partial charge < -0.3 is 21.6 Å². The van der Waals surface area contributed by atoms with Crippen molar-refractivity contribution in [1.82, 2.24) is 10.4 Å². The highest BCUT2D eigenvalue weighted by atomic mass is 16.1. The van der Waals surface area contributed by atoms with Gasteiger partial charge in [0.05, 0.1) is 0 Å². The number of nitrogens with one attached hydrogen (secondary N) is 3. The third kappa shape index (κ3) is 4.10. The lowest BCUT2D eigenvalue weighted by Gasteiger charge is -2.11. The Kier molecular flexibility index (Phi) is 5.16. The molecule has 0 fully saturated rings. The molecule has 0 bridgehead atoms. The molecule has 1 aromatic heterocycles. The van der Waals surface area contributed by atoms with Crippen LogP contribution in [-0.2, 0) is 6.42 Å². The molecule has 0 amide bonds. The van der Waals surface area contributed by atoms with Crippen LogP contribution in [0, 0.1) is 6.92 Å². The van der Waals surface area contributed by atoms with Crippen molar-refractivity contribution in [2.45, 2.75) is 19.8 Å². The van der Waals surface area contributed by atoms with E-state index in [0.717, 1.165) is 17.7 Å². The minimum atomic E-state index is -0.0496. The molecule has 7 nitrogen and oxygen atoms in total. The zero-order valence-corrected chi connectivity index (χ0v) is 12.4. The van der Waals surface area contributed by atoms with Gasteiger partial charge in [0.2, 0.25) is 0 Å². The van der Waals surface area contributed by atoms with E-state index in [1.54, 1.807) is 6.20 Å². The number of benzene rings is 1. The van der Waals surface area contributed by atoms with Gasteiger partial charge in [0, 0.05) is 33.3 Å². The van der Waals surface area contributed by atoms with E-state index in [0.29, 0.717) is 18.1 Å². The number of anilines is 2. The first kappa shape index (κ1) is 15.6. The van der Waals surface area contributed by atoms with Gasteiger partial charge in [0.1, 0.15) is 11.7 Å². The van der Waals surface area contributed by atoms with Gasteiger partial charge >= 0.3 is 0 Å². The Morgan fingerprint density at radius 1 is 1.36 bits per heavy atom. The van der Waals surface area contributed by atoms with E-state index >= 15 is 0 Å². The number of nitrogens with two attached hydrogens (primary N) is 2. The molecule has 1 aromatic carbocycles. The molecule has 0 aliphatic rings. The summed E-state index contributed by atoms with van der Waals surface area (Å²) in [6.07, 6.45) is 2.99. The van der Waals surface area contributed by atoms with Gasteiger partial charge in [-0.15, -0.1) is 0 Å².